The summed E-state index contributed by atoms with van der Waals surface area (Å²) in [6.07, 6.45) is -0.115. The summed E-state index contributed by atoms with van der Waals surface area (Å²) < 4.78 is 19.9. The second-order valence-corrected chi connectivity index (χ2v) is 13.2. The van der Waals surface area contributed by atoms with E-state index >= 15 is 0 Å². The van der Waals surface area contributed by atoms with Crippen molar-refractivity contribution in [2.75, 3.05) is 10.6 Å². The zero-order valence-corrected chi connectivity index (χ0v) is 25.5. The SMILES string of the molecule is Cc1nc(Nc2ccccc2OCc2ccccc2)nc(NC2CC3C(O)C34OC(C)(C)OC24)c1-c1nc2ccccc2s1. The highest BCUT2D eigenvalue weighted by Gasteiger charge is 2.81. The van der Waals surface area contributed by atoms with Crippen LogP contribution < -0.4 is 15.4 Å². The molecule has 2 saturated carbocycles. The fourth-order valence-electron chi connectivity index (χ4n) is 6.79. The molecule has 2 aliphatic carbocycles. The van der Waals surface area contributed by atoms with Gasteiger partial charge in [0.15, 0.2) is 5.79 Å². The normalized spacial score (nSPS) is 26.3. The van der Waals surface area contributed by atoms with E-state index in [0.29, 0.717) is 30.5 Å². The molecule has 5 atom stereocenters. The van der Waals surface area contributed by atoms with Gasteiger partial charge in [0, 0.05) is 5.92 Å². The molecule has 224 valence electrons. The summed E-state index contributed by atoms with van der Waals surface area (Å²) >= 11 is 1.61. The number of fused-ring (bicyclic) bond motifs is 1. The zero-order valence-electron chi connectivity index (χ0n) is 24.7. The third-order valence-corrected chi connectivity index (χ3v) is 9.81. The molecule has 2 aromatic heterocycles. The first kappa shape index (κ1) is 27.5. The van der Waals surface area contributed by atoms with E-state index in [0.717, 1.165) is 37.7 Å². The lowest BCUT2D eigenvalue weighted by atomic mass is 10.1. The summed E-state index contributed by atoms with van der Waals surface area (Å²) in [5, 5.41) is 18.7. The van der Waals surface area contributed by atoms with E-state index in [1.54, 1.807) is 11.3 Å². The van der Waals surface area contributed by atoms with Crippen LogP contribution in [-0.2, 0) is 16.1 Å². The quantitative estimate of drug-likeness (QED) is 0.183. The molecule has 8 rings (SSSR count). The molecule has 3 aliphatic rings. The molecule has 44 heavy (non-hydrogen) atoms. The van der Waals surface area contributed by atoms with E-state index in [9.17, 15) is 5.11 Å². The molecule has 5 aromatic rings. The van der Waals surface area contributed by atoms with Crippen molar-refractivity contribution in [2.45, 2.75) is 63.4 Å². The molecule has 10 heteroatoms. The van der Waals surface area contributed by atoms with Gasteiger partial charge in [0.05, 0.1) is 39.3 Å². The average Bonchev–Trinajstić information content (AvgIpc) is 3.35. The van der Waals surface area contributed by atoms with Crippen molar-refractivity contribution in [1.82, 2.24) is 15.0 Å². The Labute approximate surface area is 259 Å². The molecule has 5 unspecified atom stereocenters. The van der Waals surface area contributed by atoms with Gasteiger partial charge in [0.25, 0.3) is 0 Å². The lowest BCUT2D eigenvalue weighted by molar-refractivity contribution is -0.157. The van der Waals surface area contributed by atoms with Crippen LogP contribution in [0.25, 0.3) is 20.8 Å². The summed E-state index contributed by atoms with van der Waals surface area (Å²) in [4.78, 5) is 14.9. The third-order valence-electron chi connectivity index (χ3n) is 8.76. The molecular weight excluding hydrogens is 574 g/mol. The van der Waals surface area contributed by atoms with Gasteiger partial charge >= 0.3 is 0 Å². The van der Waals surface area contributed by atoms with E-state index in [-0.39, 0.29) is 18.1 Å². The summed E-state index contributed by atoms with van der Waals surface area (Å²) in [6.45, 7) is 6.23. The van der Waals surface area contributed by atoms with Crippen molar-refractivity contribution in [3.05, 3.63) is 90.1 Å². The fourth-order valence-corrected chi connectivity index (χ4v) is 7.86. The van der Waals surface area contributed by atoms with Crippen molar-refractivity contribution in [1.29, 1.82) is 0 Å². The molecule has 9 nitrogen and oxygen atoms in total. The highest BCUT2D eigenvalue weighted by Crippen LogP contribution is 2.65. The van der Waals surface area contributed by atoms with Crippen LogP contribution in [-0.4, -0.2) is 49.7 Å². The number of aryl methyl sites for hydroxylation is 1. The van der Waals surface area contributed by atoms with Gasteiger partial charge in [-0.1, -0.05) is 54.6 Å². The molecule has 0 bridgehead atoms. The number of hydrogen-bond donors (Lipinski definition) is 3. The minimum atomic E-state index is -0.769. The fraction of sp³-hybridized carbons (Fsp3) is 0.324. The number of nitrogens with zero attached hydrogens (tertiary/aromatic N) is 3. The number of thiazole rings is 1. The van der Waals surface area contributed by atoms with Gasteiger partial charge in [-0.15, -0.1) is 11.3 Å². The van der Waals surface area contributed by atoms with Crippen LogP contribution in [0.3, 0.4) is 0 Å². The number of rotatable bonds is 8. The summed E-state index contributed by atoms with van der Waals surface area (Å²) in [5.41, 5.74) is 3.74. The van der Waals surface area contributed by atoms with Crippen LogP contribution in [0.1, 0.15) is 31.5 Å². The largest absolute Gasteiger partial charge is 0.487 e. The number of aliphatic hydroxyl groups excluding tert-OH is 1. The zero-order chi connectivity index (χ0) is 30.1. The number of anilines is 3. The predicted octanol–water partition coefficient (Wildman–Crippen LogP) is 6.45. The molecule has 3 heterocycles. The van der Waals surface area contributed by atoms with Gasteiger partial charge < -0.3 is 30.0 Å². The Morgan fingerprint density at radius 1 is 0.977 bits per heavy atom. The molecule has 3 fully saturated rings. The van der Waals surface area contributed by atoms with Gasteiger partial charge in [-0.25, -0.2) is 9.97 Å². The molecule has 3 N–H and O–H groups in total. The maximum absolute atomic E-state index is 10.7. The van der Waals surface area contributed by atoms with Crippen molar-refractivity contribution < 1.29 is 19.3 Å². The number of aromatic nitrogens is 3. The Morgan fingerprint density at radius 2 is 1.75 bits per heavy atom. The first-order valence-corrected chi connectivity index (χ1v) is 15.7. The minimum Gasteiger partial charge on any atom is -0.487 e. The number of aliphatic hydroxyl groups is 1. The Balaban J connectivity index is 1.14. The van der Waals surface area contributed by atoms with Crippen molar-refractivity contribution >= 4 is 39.0 Å². The predicted molar refractivity (Wildman–Crippen MR) is 170 cm³/mol. The van der Waals surface area contributed by atoms with Crippen molar-refractivity contribution in [3.8, 4) is 16.3 Å². The van der Waals surface area contributed by atoms with Gasteiger partial charge in [-0.05, 0) is 57.0 Å². The topological polar surface area (TPSA) is 111 Å². The summed E-state index contributed by atoms with van der Waals surface area (Å²) in [5.74, 6) is 1.05. The van der Waals surface area contributed by atoms with E-state index in [1.165, 1.54) is 0 Å². The number of nitrogens with one attached hydrogen (secondary N) is 2. The van der Waals surface area contributed by atoms with Gasteiger partial charge in [0.2, 0.25) is 5.95 Å². The molecule has 1 aliphatic heterocycles. The van der Waals surface area contributed by atoms with E-state index in [1.807, 2.05) is 93.6 Å². The minimum absolute atomic E-state index is 0.0202. The van der Waals surface area contributed by atoms with Gasteiger partial charge in [-0.3, -0.25) is 0 Å². The molecule has 1 spiro atoms. The van der Waals surface area contributed by atoms with Crippen LogP contribution in [0.2, 0.25) is 0 Å². The molecular formula is C34H33N5O4S. The first-order chi connectivity index (χ1) is 21.3. The van der Waals surface area contributed by atoms with Crippen LogP contribution >= 0.6 is 11.3 Å². The lowest BCUT2D eigenvalue weighted by Crippen LogP contribution is -2.40. The highest BCUT2D eigenvalue weighted by molar-refractivity contribution is 7.21. The lowest BCUT2D eigenvalue weighted by Gasteiger charge is -2.26. The Kier molecular flexibility index (Phi) is 6.39. The summed E-state index contributed by atoms with van der Waals surface area (Å²) in [7, 11) is 0. The Hall–Kier alpha value is -4.09. The van der Waals surface area contributed by atoms with Crippen LogP contribution in [0.4, 0.5) is 17.5 Å². The highest BCUT2D eigenvalue weighted by atomic mass is 32.1. The van der Waals surface area contributed by atoms with E-state index < -0.39 is 17.5 Å². The number of hydrogen-bond acceptors (Lipinski definition) is 10. The molecule has 0 radical (unpaired) electrons. The molecule has 0 amide bonds. The first-order valence-electron chi connectivity index (χ1n) is 14.9. The standard InChI is InChI=1S/C34H33N5O4S/c1-19-27(31-37-23-14-8-10-16-26(23)44-31)30(36-24-17-21-28(40)34(21)29(24)42-33(2,3)43-34)39-32(35-19)38-22-13-7-9-15-25(22)41-18-20-11-5-4-6-12-20/h4-16,21,24,28-29,40H,17-18H2,1-3H3,(H2,35,36,38,39). The second kappa shape index (κ2) is 10.2. The number of ether oxygens (including phenoxy) is 3. The monoisotopic (exact) mass is 607 g/mol. The van der Waals surface area contributed by atoms with Crippen LogP contribution in [0, 0.1) is 12.8 Å². The van der Waals surface area contributed by atoms with E-state index in [2.05, 4.69) is 16.7 Å². The number of para-hydroxylation sites is 3. The Bertz CT molecular complexity index is 1830. The second-order valence-electron chi connectivity index (χ2n) is 12.2. The Morgan fingerprint density at radius 3 is 2.59 bits per heavy atom. The maximum atomic E-state index is 10.7. The van der Waals surface area contributed by atoms with Crippen molar-refractivity contribution in [2.24, 2.45) is 5.92 Å². The van der Waals surface area contributed by atoms with Gasteiger partial charge in [0.1, 0.15) is 34.9 Å². The smallest absolute Gasteiger partial charge is 0.229 e. The average molecular weight is 608 g/mol. The molecule has 1 saturated heterocycles. The maximum Gasteiger partial charge on any atom is 0.229 e. The third kappa shape index (κ3) is 4.60. The number of benzene rings is 3. The van der Waals surface area contributed by atoms with Crippen molar-refractivity contribution in [3.63, 3.8) is 0 Å². The van der Waals surface area contributed by atoms with Crippen LogP contribution in [0.15, 0.2) is 78.9 Å². The van der Waals surface area contributed by atoms with Gasteiger partial charge in [-0.2, -0.15) is 4.98 Å². The molecule has 3 aromatic carbocycles. The van der Waals surface area contributed by atoms with Crippen LogP contribution in [0.5, 0.6) is 5.75 Å². The summed E-state index contributed by atoms with van der Waals surface area (Å²) in [6, 6.07) is 25.8. The van der Waals surface area contributed by atoms with E-state index in [4.69, 9.17) is 29.2 Å².